The highest BCUT2D eigenvalue weighted by Crippen LogP contribution is 2.38. The molecule has 5 nitrogen and oxygen atoms in total. The largest absolute Gasteiger partial charge is 0.330 e. The highest BCUT2D eigenvalue weighted by Gasteiger charge is 2.33. The lowest BCUT2D eigenvalue weighted by Crippen LogP contribution is -2.45. The molecule has 1 aliphatic rings. The number of nitrogens with one attached hydrogen (secondary N) is 1. The average molecular weight is 307 g/mol. The Kier molecular flexibility index (Phi) is 4.95. The molecule has 1 saturated carbocycles. The van der Waals surface area contributed by atoms with Crippen LogP contribution in [-0.2, 0) is 20.6 Å². The first kappa shape index (κ1) is 17.0. The molecule has 2 atom stereocenters. The van der Waals surface area contributed by atoms with Crippen molar-refractivity contribution in [1.82, 2.24) is 14.5 Å². The number of hydrogen-bond donors (Lipinski definition) is 1. The maximum absolute atomic E-state index is 12.0. The van der Waals surface area contributed by atoms with Crippen molar-refractivity contribution in [1.29, 1.82) is 0 Å². The molecule has 0 spiro atoms. The third kappa shape index (κ3) is 3.51. The Morgan fingerprint density at radius 3 is 2.41 bits per heavy atom. The maximum atomic E-state index is 12.0. The predicted molar refractivity (Wildman–Crippen MR) is 89.0 cm³/mol. The molecule has 1 fully saturated rings. The summed E-state index contributed by atoms with van der Waals surface area (Å²) in [7, 11) is 3.24. The minimum absolute atomic E-state index is 0.240. The summed E-state index contributed by atoms with van der Waals surface area (Å²) < 4.78 is 2.70. The van der Waals surface area contributed by atoms with Gasteiger partial charge in [0.1, 0.15) is 0 Å². The summed E-state index contributed by atoms with van der Waals surface area (Å²) in [6, 6.07) is 2.01. The van der Waals surface area contributed by atoms with Gasteiger partial charge in [0.05, 0.1) is 0 Å². The van der Waals surface area contributed by atoms with Crippen molar-refractivity contribution >= 4 is 0 Å². The lowest BCUT2D eigenvalue weighted by Gasteiger charge is -2.41. The molecular formula is C17H29N3O2. The first-order valence-electron chi connectivity index (χ1n) is 8.21. The highest BCUT2D eigenvalue weighted by molar-refractivity contribution is 5.02. The van der Waals surface area contributed by atoms with Gasteiger partial charge in [0.2, 0.25) is 0 Å². The van der Waals surface area contributed by atoms with Gasteiger partial charge in [-0.25, -0.2) is 4.79 Å². The van der Waals surface area contributed by atoms with Crippen molar-refractivity contribution in [2.45, 2.75) is 59.0 Å². The second kappa shape index (κ2) is 6.41. The Balaban J connectivity index is 2.15. The molecule has 22 heavy (non-hydrogen) atoms. The summed E-state index contributed by atoms with van der Waals surface area (Å²) in [6.45, 7) is 7.46. The van der Waals surface area contributed by atoms with Crippen LogP contribution >= 0.6 is 0 Å². The van der Waals surface area contributed by atoms with Crippen LogP contribution in [0.3, 0.4) is 0 Å². The highest BCUT2D eigenvalue weighted by atomic mass is 16.2. The third-order valence-electron chi connectivity index (χ3n) is 5.05. The van der Waals surface area contributed by atoms with Gasteiger partial charge in [-0.05, 0) is 24.2 Å². The fourth-order valence-electron chi connectivity index (χ4n) is 3.60. The van der Waals surface area contributed by atoms with E-state index in [4.69, 9.17) is 0 Å². The number of rotatable bonds is 3. The van der Waals surface area contributed by atoms with E-state index >= 15 is 0 Å². The van der Waals surface area contributed by atoms with Gasteiger partial charge >= 0.3 is 5.69 Å². The van der Waals surface area contributed by atoms with E-state index in [0.717, 1.165) is 10.3 Å². The summed E-state index contributed by atoms with van der Waals surface area (Å²) >= 11 is 0. The maximum Gasteiger partial charge on any atom is 0.330 e. The number of nitrogens with zero attached hydrogens (tertiary/aromatic N) is 2. The monoisotopic (exact) mass is 307 g/mol. The van der Waals surface area contributed by atoms with Crippen molar-refractivity contribution in [2.24, 2.45) is 25.4 Å². The first-order valence-corrected chi connectivity index (χ1v) is 8.21. The van der Waals surface area contributed by atoms with Gasteiger partial charge < -0.3 is 5.32 Å². The fourth-order valence-corrected chi connectivity index (χ4v) is 3.60. The van der Waals surface area contributed by atoms with Crippen LogP contribution in [0.2, 0.25) is 0 Å². The first-order chi connectivity index (χ1) is 10.2. The van der Waals surface area contributed by atoms with Crippen molar-refractivity contribution in [3.63, 3.8) is 0 Å². The van der Waals surface area contributed by atoms with Gasteiger partial charge in [0, 0.05) is 38.4 Å². The lowest BCUT2D eigenvalue weighted by molar-refractivity contribution is 0.129. The van der Waals surface area contributed by atoms with Gasteiger partial charge in [-0.2, -0.15) is 0 Å². The van der Waals surface area contributed by atoms with Gasteiger partial charge in [-0.15, -0.1) is 0 Å². The SMILES string of the molecule is Cn1c(CNC2CCCCC2C(C)(C)C)cc(=O)n(C)c1=O. The van der Waals surface area contributed by atoms with E-state index in [-0.39, 0.29) is 16.7 Å². The van der Waals surface area contributed by atoms with Crippen LogP contribution in [0.15, 0.2) is 15.7 Å². The molecule has 1 heterocycles. The molecule has 2 rings (SSSR count). The van der Waals surface area contributed by atoms with E-state index < -0.39 is 0 Å². The van der Waals surface area contributed by atoms with Crippen molar-refractivity contribution in [3.8, 4) is 0 Å². The summed E-state index contributed by atoms with van der Waals surface area (Å²) in [4.78, 5) is 23.8. The summed E-state index contributed by atoms with van der Waals surface area (Å²) in [6.07, 6.45) is 4.96. The Hall–Kier alpha value is -1.36. The average Bonchev–Trinajstić information content (AvgIpc) is 2.47. The van der Waals surface area contributed by atoms with Gasteiger partial charge in [0.15, 0.2) is 0 Å². The molecule has 5 heteroatoms. The Bertz CT molecular complexity index is 637. The second-order valence-corrected chi connectivity index (χ2v) is 7.62. The molecule has 1 aromatic heterocycles. The molecule has 0 radical (unpaired) electrons. The van der Waals surface area contributed by atoms with Crippen LogP contribution in [0.1, 0.15) is 52.1 Å². The summed E-state index contributed by atoms with van der Waals surface area (Å²) in [5, 5.41) is 3.60. The smallest absolute Gasteiger partial charge is 0.308 e. The van der Waals surface area contributed by atoms with E-state index in [9.17, 15) is 9.59 Å². The Morgan fingerprint density at radius 1 is 1.14 bits per heavy atom. The summed E-state index contributed by atoms with van der Waals surface area (Å²) in [5.74, 6) is 0.629. The van der Waals surface area contributed by atoms with E-state index in [1.54, 1.807) is 17.7 Å². The van der Waals surface area contributed by atoms with Crippen LogP contribution in [0.5, 0.6) is 0 Å². The molecule has 124 valence electrons. The lowest BCUT2D eigenvalue weighted by atomic mass is 9.69. The van der Waals surface area contributed by atoms with Crippen LogP contribution in [0.4, 0.5) is 0 Å². The molecule has 0 aromatic carbocycles. The minimum atomic E-state index is -0.264. The van der Waals surface area contributed by atoms with Crippen molar-refractivity contribution in [3.05, 3.63) is 32.6 Å². The fraction of sp³-hybridized carbons (Fsp3) is 0.765. The number of hydrogen-bond acceptors (Lipinski definition) is 3. The molecule has 1 N–H and O–H groups in total. The molecule has 0 saturated heterocycles. The molecule has 1 aliphatic carbocycles. The zero-order valence-electron chi connectivity index (χ0n) is 14.5. The Morgan fingerprint density at radius 2 is 1.77 bits per heavy atom. The van der Waals surface area contributed by atoms with Gasteiger partial charge in [0.25, 0.3) is 5.56 Å². The topological polar surface area (TPSA) is 56.0 Å². The van der Waals surface area contributed by atoms with Crippen LogP contribution in [0.25, 0.3) is 0 Å². The Labute approximate surface area is 132 Å². The molecular weight excluding hydrogens is 278 g/mol. The van der Waals surface area contributed by atoms with E-state index in [2.05, 4.69) is 26.1 Å². The zero-order chi connectivity index (χ0) is 16.5. The quantitative estimate of drug-likeness (QED) is 0.926. The van der Waals surface area contributed by atoms with Crippen LogP contribution < -0.4 is 16.6 Å². The molecule has 1 aromatic rings. The van der Waals surface area contributed by atoms with Crippen molar-refractivity contribution < 1.29 is 0 Å². The van der Waals surface area contributed by atoms with Gasteiger partial charge in [-0.1, -0.05) is 33.6 Å². The molecule has 0 aliphatic heterocycles. The standard InChI is InChI=1S/C17H29N3O2/c1-17(2,3)13-8-6-7-9-14(13)18-11-12-10-15(21)20(5)16(22)19(12)4/h10,13-14,18H,6-9,11H2,1-5H3. The van der Waals surface area contributed by atoms with Crippen LogP contribution in [0, 0.1) is 11.3 Å². The van der Waals surface area contributed by atoms with Gasteiger partial charge in [-0.3, -0.25) is 13.9 Å². The van der Waals surface area contributed by atoms with Crippen molar-refractivity contribution in [2.75, 3.05) is 0 Å². The van der Waals surface area contributed by atoms with E-state index in [1.165, 1.54) is 32.7 Å². The van der Waals surface area contributed by atoms with E-state index in [0.29, 0.717) is 18.5 Å². The number of aromatic nitrogens is 2. The van der Waals surface area contributed by atoms with E-state index in [1.807, 2.05) is 0 Å². The predicted octanol–water partition coefficient (Wildman–Crippen LogP) is 1.78. The summed E-state index contributed by atoms with van der Waals surface area (Å²) in [5.41, 5.74) is 0.527. The van der Waals surface area contributed by atoms with Crippen LogP contribution in [-0.4, -0.2) is 15.2 Å². The molecule has 0 amide bonds. The minimum Gasteiger partial charge on any atom is -0.308 e. The zero-order valence-corrected chi connectivity index (χ0v) is 14.5. The molecule has 2 unspecified atom stereocenters. The second-order valence-electron chi connectivity index (χ2n) is 7.62. The normalized spacial score (nSPS) is 22.8. The third-order valence-corrected chi connectivity index (χ3v) is 5.05. The molecule has 0 bridgehead atoms.